The van der Waals surface area contributed by atoms with Crippen molar-refractivity contribution in [1.29, 1.82) is 0 Å². The van der Waals surface area contributed by atoms with Gasteiger partial charge in [-0.2, -0.15) is 0 Å². The van der Waals surface area contributed by atoms with Crippen LogP contribution >= 0.6 is 0 Å². The molecule has 0 saturated carbocycles. The molecule has 5 nitrogen and oxygen atoms in total. The highest BCUT2D eigenvalue weighted by Gasteiger charge is 2.48. The number of pyridine rings is 1. The van der Waals surface area contributed by atoms with Gasteiger partial charge in [0.1, 0.15) is 11.9 Å². The fourth-order valence-electron chi connectivity index (χ4n) is 2.96. The highest BCUT2D eigenvalue weighted by Crippen LogP contribution is 2.32. The summed E-state index contributed by atoms with van der Waals surface area (Å²) in [7, 11) is 0. The summed E-state index contributed by atoms with van der Waals surface area (Å²) in [6, 6.07) is 0.0908. The van der Waals surface area contributed by atoms with E-state index in [1.165, 1.54) is 11.1 Å². The molecule has 1 unspecified atom stereocenters. The maximum atomic E-state index is 13.4. The number of urea groups is 1. The van der Waals surface area contributed by atoms with Gasteiger partial charge in [-0.25, -0.2) is 14.1 Å². The molecule has 3 rings (SSSR count). The Bertz CT molecular complexity index is 712. The van der Waals surface area contributed by atoms with Crippen molar-refractivity contribution in [2.24, 2.45) is 5.92 Å². The zero-order valence-electron chi connectivity index (χ0n) is 13.1. The molecule has 0 bridgehead atoms. The van der Waals surface area contributed by atoms with Crippen LogP contribution in [0.5, 0.6) is 0 Å². The molecule has 0 radical (unpaired) electrons. The molecule has 1 saturated heterocycles. The van der Waals surface area contributed by atoms with Crippen LogP contribution in [0.2, 0.25) is 0 Å². The second kappa shape index (κ2) is 5.95. The molecule has 120 valence electrons. The molecule has 23 heavy (non-hydrogen) atoms. The average molecular weight is 315 g/mol. The predicted octanol–water partition coefficient (Wildman–Crippen LogP) is 3.25. The molecule has 1 atom stereocenters. The Labute approximate surface area is 134 Å². The van der Waals surface area contributed by atoms with Gasteiger partial charge in [0.05, 0.1) is 18.1 Å². The minimum Gasteiger partial charge on any atom is -0.281 e. The number of imide groups is 1. The van der Waals surface area contributed by atoms with Crippen LogP contribution in [-0.2, 0) is 4.79 Å². The van der Waals surface area contributed by atoms with E-state index in [0.29, 0.717) is 0 Å². The van der Waals surface area contributed by atoms with Gasteiger partial charge in [0, 0.05) is 11.8 Å². The minimum atomic E-state index is -0.597. The number of amides is 3. The third-order valence-electron chi connectivity index (χ3n) is 3.98. The lowest BCUT2D eigenvalue weighted by molar-refractivity contribution is -0.120. The molecule has 1 aromatic heterocycles. The van der Waals surface area contributed by atoms with E-state index < -0.39 is 17.9 Å². The topological polar surface area (TPSA) is 53.5 Å². The number of hydrogen-bond donors (Lipinski definition) is 0. The number of carbonyl (C=O) groups excluding carboxylic acids is 2. The number of nitrogens with zero attached hydrogens (tertiary/aromatic N) is 3. The Kier molecular flexibility index (Phi) is 3.98. The van der Waals surface area contributed by atoms with Crippen LogP contribution in [0.4, 0.5) is 14.9 Å². The normalized spacial score (nSPS) is 21.4. The number of anilines is 1. The molecular weight excluding hydrogens is 297 g/mol. The van der Waals surface area contributed by atoms with Crippen molar-refractivity contribution < 1.29 is 14.0 Å². The van der Waals surface area contributed by atoms with E-state index in [4.69, 9.17) is 0 Å². The lowest BCUT2D eigenvalue weighted by Gasteiger charge is -2.26. The molecule has 0 spiro atoms. The van der Waals surface area contributed by atoms with Crippen LogP contribution in [0.3, 0.4) is 0 Å². The van der Waals surface area contributed by atoms with E-state index in [-0.39, 0.29) is 17.5 Å². The van der Waals surface area contributed by atoms with Crippen molar-refractivity contribution in [2.45, 2.75) is 32.7 Å². The van der Waals surface area contributed by atoms with Crippen LogP contribution in [-0.4, -0.2) is 27.9 Å². The number of allylic oxidation sites excluding steroid dienone is 3. The molecule has 0 N–H and O–H groups in total. The van der Waals surface area contributed by atoms with Crippen LogP contribution in [0, 0.1) is 11.7 Å². The molecule has 1 fully saturated rings. The van der Waals surface area contributed by atoms with E-state index in [1.807, 2.05) is 32.1 Å². The van der Waals surface area contributed by atoms with Gasteiger partial charge in [-0.15, -0.1) is 0 Å². The lowest BCUT2D eigenvalue weighted by Crippen LogP contribution is -2.38. The van der Waals surface area contributed by atoms with E-state index in [9.17, 15) is 14.0 Å². The van der Waals surface area contributed by atoms with Crippen LogP contribution in [0.25, 0.3) is 0 Å². The number of halogens is 1. The van der Waals surface area contributed by atoms with Gasteiger partial charge >= 0.3 is 6.03 Å². The first-order valence-corrected chi connectivity index (χ1v) is 7.65. The van der Waals surface area contributed by atoms with Crippen LogP contribution < -0.4 is 4.90 Å². The monoisotopic (exact) mass is 315 g/mol. The van der Waals surface area contributed by atoms with E-state index in [1.54, 1.807) is 0 Å². The average Bonchev–Trinajstić information content (AvgIpc) is 2.79. The van der Waals surface area contributed by atoms with Gasteiger partial charge in [-0.05, 0) is 24.8 Å². The van der Waals surface area contributed by atoms with Gasteiger partial charge in [0.2, 0.25) is 0 Å². The Morgan fingerprint density at radius 1 is 1.26 bits per heavy atom. The maximum absolute atomic E-state index is 13.4. The summed E-state index contributed by atoms with van der Waals surface area (Å²) in [6.45, 7) is 3.78. The van der Waals surface area contributed by atoms with Gasteiger partial charge in [0.15, 0.2) is 0 Å². The van der Waals surface area contributed by atoms with Crippen molar-refractivity contribution in [2.75, 3.05) is 4.90 Å². The second-order valence-corrected chi connectivity index (χ2v) is 5.99. The van der Waals surface area contributed by atoms with Gasteiger partial charge < -0.3 is 0 Å². The van der Waals surface area contributed by atoms with Crippen molar-refractivity contribution in [1.82, 2.24) is 9.88 Å². The zero-order valence-corrected chi connectivity index (χ0v) is 13.1. The molecule has 2 aliphatic rings. The first kappa shape index (κ1) is 15.4. The van der Waals surface area contributed by atoms with Crippen molar-refractivity contribution in [3.05, 3.63) is 48.2 Å². The maximum Gasteiger partial charge on any atom is 0.336 e. The summed E-state index contributed by atoms with van der Waals surface area (Å²) < 4.78 is 13.4. The Balaban J connectivity index is 2.03. The van der Waals surface area contributed by atoms with Crippen molar-refractivity contribution in [3.8, 4) is 0 Å². The number of hydrogen-bond acceptors (Lipinski definition) is 3. The summed E-state index contributed by atoms with van der Waals surface area (Å²) in [6.07, 6.45) is 9.91. The highest BCUT2D eigenvalue weighted by molar-refractivity contribution is 6.22. The first-order chi connectivity index (χ1) is 11.0. The summed E-state index contributed by atoms with van der Waals surface area (Å²) in [4.78, 5) is 31.9. The van der Waals surface area contributed by atoms with Crippen LogP contribution in [0.1, 0.15) is 26.7 Å². The molecule has 6 heteroatoms. The lowest BCUT2D eigenvalue weighted by atomic mass is 10.0. The smallest absolute Gasteiger partial charge is 0.281 e. The van der Waals surface area contributed by atoms with Crippen molar-refractivity contribution >= 4 is 17.6 Å². The molecule has 1 aromatic rings. The minimum absolute atomic E-state index is 0.0609. The van der Waals surface area contributed by atoms with E-state index in [2.05, 4.69) is 4.98 Å². The quantitative estimate of drug-likeness (QED) is 0.805. The number of aromatic nitrogens is 1. The molecule has 1 aliphatic carbocycles. The van der Waals surface area contributed by atoms with Gasteiger partial charge in [-0.1, -0.05) is 26.0 Å². The van der Waals surface area contributed by atoms with Gasteiger partial charge in [-0.3, -0.25) is 14.7 Å². The van der Waals surface area contributed by atoms with Crippen LogP contribution in [0.15, 0.2) is 42.4 Å². The zero-order chi connectivity index (χ0) is 16.6. The predicted molar refractivity (Wildman–Crippen MR) is 84.0 cm³/mol. The molecular formula is C17H18FN3O2. The molecule has 1 aliphatic heterocycles. The fraction of sp³-hybridized carbons (Fsp3) is 0.353. The van der Waals surface area contributed by atoms with E-state index >= 15 is 0 Å². The van der Waals surface area contributed by atoms with E-state index in [0.717, 1.165) is 35.7 Å². The SMILES string of the molecule is CC(C)C1C(=O)N(c2cncc(F)c2)C(=O)N1C1=CCCC=C1. The number of carbonyl (C=O) groups is 2. The Hall–Kier alpha value is -2.50. The largest absolute Gasteiger partial charge is 0.336 e. The standard InChI is InChI=1S/C17H18FN3O2/c1-11(2)15-16(22)21(14-8-12(18)9-19-10-14)17(23)20(15)13-6-4-3-5-7-13/h4,6-11,15H,3,5H2,1-2H3. The molecule has 3 amide bonds. The third-order valence-corrected chi connectivity index (χ3v) is 3.98. The highest BCUT2D eigenvalue weighted by atomic mass is 19.1. The summed E-state index contributed by atoms with van der Waals surface area (Å²) in [5, 5.41) is 0. The third kappa shape index (κ3) is 2.65. The number of rotatable bonds is 3. The summed E-state index contributed by atoms with van der Waals surface area (Å²) in [5.74, 6) is -0.995. The fourth-order valence-corrected chi connectivity index (χ4v) is 2.96. The summed E-state index contributed by atoms with van der Waals surface area (Å²) >= 11 is 0. The first-order valence-electron chi connectivity index (χ1n) is 7.65. The van der Waals surface area contributed by atoms with Gasteiger partial charge in [0.25, 0.3) is 5.91 Å². The summed E-state index contributed by atoms with van der Waals surface area (Å²) in [5.41, 5.74) is 0.883. The van der Waals surface area contributed by atoms with Crippen molar-refractivity contribution in [3.63, 3.8) is 0 Å². The Morgan fingerprint density at radius 2 is 2.04 bits per heavy atom. The second-order valence-electron chi connectivity index (χ2n) is 5.99. The Morgan fingerprint density at radius 3 is 2.65 bits per heavy atom. The molecule has 2 heterocycles. The molecule has 0 aromatic carbocycles.